The Morgan fingerprint density at radius 1 is 1.47 bits per heavy atom. The van der Waals surface area contributed by atoms with Crippen molar-refractivity contribution in [3.63, 3.8) is 0 Å². The van der Waals surface area contributed by atoms with E-state index in [-0.39, 0.29) is 11.0 Å². The Bertz CT molecular complexity index is 647. The molecule has 1 aromatic heterocycles. The van der Waals surface area contributed by atoms with Crippen LogP contribution >= 0.6 is 12.2 Å². The van der Waals surface area contributed by atoms with Crippen molar-refractivity contribution < 1.29 is 5.11 Å². The molecule has 0 radical (unpaired) electrons. The fourth-order valence-corrected chi connectivity index (χ4v) is 1.62. The molecule has 7 heteroatoms. The summed E-state index contributed by atoms with van der Waals surface area (Å²) in [6, 6.07) is 7.41. The number of para-hydroxylation sites is 1. The van der Waals surface area contributed by atoms with Crippen molar-refractivity contribution in [2.75, 3.05) is 0 Å². The zero-order valence-electron chi connectivity index (χ0n) is 10.3. The predicted octanol–water partition coefficient (Wildman–Crippen LogP) is 3.23. The van der Waals surface area contributed by atoms with Crippen LogP contribution in [0.25, 0.3) is 10.9 Å². The number of aromatic amines is 1. The lowest BCUT2D eigenvalue weighted by molar-refractivity contribution is 0.459. The Kier molecular flexibility index (Phi) is 4.19. The highest BCUT2D eigenvalue weighted by atomic mass is 32.1. The molecule has 6 nitrogen and oxygen atoms in total. The number of rotatable bonds is 3. The van der Waals surface area contributed by atoms with Crippen molar-refractivity contribution in [1.82, 2.24) is 10.4 Å². The van der Waals surface area contributed by atoms with Crippen LogP contribution in [0.1, 0.15) is 13.3 Å². The van der Waals surface area contributed by atoms with E-state index in [1.54, 1.807) is 6.21 Å². The molecule has 1 aromatic carbocycles. The number of nitrogens with one attached hydrogen (secondary N) is 2. The Labute approximate surface area is 115 Å². The number of nitrogens with zero attached hydrogens (tertiary/aromatic N) is 3. The molecular weight excluding hydrogens is 262 g/mol. The maximum absolute atomic E-state index is 9.76. The number of aromatic nitrogens is 1. The third kappa shape index (κ3) is 3.14. The highest BCUT2D eigenvalue weighted by molar-refractivity contribution is 7.80. The van der Waals surface area contributed by atoms with Gasteiger partial charge in [0.05, 0.1) is 5.52 Å². The number of aromatic hydroxyl groups is 1. The highest BCUT2D eigenvalue weighted by Gasteiger charge is 2.09. The molecule has 98 valence electrons. The second kappa shape index (κ2) is 6.05. The van der Waals surface area contributed by atoms with Gasteiger partial charge in [-0.2, -0.15) is 5.10 Å². The molecule has 3 N–H and O–H groups in total. The van der Waals surface area contributed by atoms with Crippen LogP contribution in [0.4, 0.5) is 5.69 Å². The van der Waals surface area contributed by atoms with Gasteiger partial charge in [-0.05, 0) is 24.7 Å². The van der Waals surface area contributed by atoms with Gasteiger partial charge in [0.1, 0.15) is 0 Å². The zero-order chi connectivity index (χ0) is 13.7. The van der Waals surface area contributed by atoms with Crippen molar-refractivity contribution in [3.05, 3.63) is 24.3 Å². The fraction of sp³-hybridized carbons (Fsp3) is 0.167. The van der Waals surface area contributed by atoms with E-state index in [1.807, 2.05) is 31.2 Å². The maximum atomic E-state index is 9.76. The molecule has 0 unspecified atom stereocenters. The number of hydrogen-bond acceptors (Lipinski definition) is 4. The summed E-state index contributed by atoms with van der Waals surface area (Å²) >= 11 is 4.93. The van der Waals surface area contributed by atoms with Gasteiger partial charge in [0.15, 0.2) is 5.69 Å². The van der Waals surface area contributed by atoms with Gasteiger partial charge in [0, 0.05) is 11.6 Å². The molecule has 0 saturated heterocycles. The third-order valence-electron chi connectivity index (χ3n) is 2.33. The summed E-state index contributed by atoms with van der Waals surface area (Å²) in [4.78, 5) is 2.81. The summed E-state index contributed by atoms with van der Waals surface area (Å²) in [6.45, 7) is 1.96. The van der Waals surface area contributed by atoms with Crippen molar-refractivity contribution >= 4 is 40.1 Å². The van der Waals surface area contributed by atoms with Crippen LogP contribution in [0.5, 0.6) is 5.88 Å². The first-order chi connectivity index (χ1) is 9.22. The fourth-order valence-electron chi connectivity index (χ4n) is 1.52. The smallest absolute Gasteiger partial charge is 0.234 e. The van der Waals surface area contributed by atoms with Crippen LogP contribution in [0.15, 0.2) is 39.6 Å². The number of hydrogen-bond donors (Lipinski definition) is 3. The second-order valence-corrected chi connectivity index (χ2v) is 4.09. The number of hydrazone groups is 1. The Hall–Kier alpha value is -2.28. The average Bonchev–Trinajstić information content (AvgIpc) is 2.72. The number of azo groups is 1. The van der Waals surface area contributed by atoms with Crippen molar-refractivity contribution in [3.8, 4) is 5.88 Å². The minimum atomic E-state index is -0.0372. The minimum Gasteiger partial charge on any atom is -0.493 e. The number of fused-ring (bicyclic) bond motifs is 1. The molecule has 0 fully saturated rings. The molecule has 2 rings (SSSR count). The van der Waals surface area contributed by atoms with E-state index in [1.165, 1.54) is 0 Å². The lowest BCUT2D eigenvalue weighted by Gasteiger charge is -1.94. The van der Waals surface area contributed by atoms with Gasteiger partial charge in [0.25, 0.3) is 0 Å². The third-order valence-corrected chi connectivity index (χ3v) is 2.51. The van der Waals surface area contributed by atoms with E-state index in [2.05, 4.69) is 25.7 Å². The molecule has 0 aliphatic heterocycles. The van der Waals surface area contributed by atoms with Crippen molar-refractivity contribution in [2.24, 2.45) is 15.3 Å². The summed E-state index contributed by atoms with van der Waals surface area (Å²) in [5.41, 5.74) is 3.71. The minimum absolute atomic E-state index is 0.0372. The molecule has 2 aromatic rings. The van der Waals surface area contributed by atoms with Crippen LogP contribution < -0.4 is 5.43 Å². The monoisotopic (exact) mass is 275 g/mol. The Balaban J connectivity index is 2.19. The van der Waals surface area contributed by atoms with Gasteiger partial charge in [-0.15, -0.1) is 10.2 Å². The highest BCUT2D eigenvalue weighted by Crippen LogP contribution is 2.34. The normalized spacial score (nSPS) is 11.6. The Morgan fingerprint density at radius 2 is 2.26 bits per heavy atom. The summed E-state index contributed by atoms with van der Waals surface area (Å²) in [5, 5.41) is 22.2. The quantitative estimate of drug-likeness (QED) is 0.348. The van der Waals surface area contributed by atoms with E-state index >= 15 is 0 Å². The maximum Gasteiger partial charge on any atom is 0.234 e. The van der Waals surface area contributed by atoms with E-state index in [0.29, 0.717) is 5.69 Å². The van der Waals surface area contributed by atoms with Crippen molar-refractivity contribution in [2.45, 2.75) is 13.3 Å². The molecule has 0 aliphatic carbocycles. The van der Waals surface area contributed by atoms with Crippen LogP contribution in [0.2, 0.25) is 0 Å². The van der Waals surface area contributed by atoms with Crippen LogP contribution in [-0.2, 0) is 0 Å². The van der Waals surface area contributed by atoms with Gasteiger partial charge in [-0.1, -0.05) is 25.1 Å². The SMILES string of the molecule is CC/C=N\NC(=S)N=Nc1c(O)[nH]c2ccccc12. The van der Waals surface area contributed by atoms with E-state index < -0.39 is 0 Å². The summed E-state index contributed by atoms with van der Waals surface area (Å²) < 4.78 is 0. The van der Waals surface area contributed by atoms with Gasteiger partial charge >= 0.3 is 0 Å². The molecule has 0 atom stereocenters. The average molecular weight is 275 g/mol. The van der Waals surface area contributed by atoms with Crippen LogP contribution in [0, 0.1) is 0 Å². The number of H-pyrrole nitrogens is 1. The summed E-state index contributed by atoms with van der Waals surface area (Å²) in [7, 11) is 0. The molecule has 1 heterocycles. The molecule has 0 amide bonds. The predicted molar refractivity (Wildman–Crippen MR) is 79.0 cm³/mol. The first-order valence-corrected chi connectivity index (χ1v) is 6.16. The van der Waals surface area contributed by atoms with Crippen molar-refractivity contribution in [1.29, 1.82) is 0 Å². The van der Waals surface area contributed by atoms with E-state index in [0.717, 1.165) is 17.3 Å². The second-order valence-electron chi connectivity index (χ2n) is 3.70. The van der Waals surface area contributed by atoms with Gasteiger partial charge in [0.2, 0.25) is 11.0 Å². The van der Waals surface area contributed by atoms with Gasteiger partial charge in [-0.3, -0.25) is 5.43 Å². The lowest BCUT2D eigenvalue weighted by Crippen LogP contribution is -2.11. The Morgan fingerprint density at radius 3 is 3.05 bits per heavy atom. The summed E-state index contributed by atoms with van der Waals surface area (Å²) in [5.74, 6) is -0.0372. The van der Waals surface area contributed by atoms with Gasteiger partial charge < -0.3 is 10.1 Å². The topological polar surface area (TPSA) is 85.1 Å². The lowest BCUT2D eigenvalue weighted by atomic mass is 10.2. The van der Waals surface area contributed by atoms with Crippen LogP contribution in [-0.4, -0.2) is 21.4 Å². The molecule has 0 aliphatic rings. The first-order valence-electron chi connectivity index (χ1n) is 5.75. The van der Waals surface area contributed by atoms with Crippen LogP contribution in [0.3, 0.4) is 0 Å². The molecule has 0 bridgehead atoms. The summed E-state index contributed by atoms with van der Waals surface area (Å²) in [6.07, 6.45) is 2.47. The number of thiocarbonyl (C=S) groups is 1. The van der Waals surface area contributed by atoms with Gasteiger partial charge in [-0.25, -0.2) is 0 Å². The van der Waals surface area contributed by atoms with E-state index in [9.17, 15) is 5.11 Å². The molecule has 0 saturated carbocycles. The number of benzene rings is 1. The van der Waals surface area contributed by atoms with E-state index in [4.69, 9.17) is 12.2 Å². The standard InChI is InChI=1S/C12H13N5OS/c1-2-7-13-16-12(19)17-15-10-8-5-3-4-6-9(8)14-11(10)18/h3-7,14,18H,2H2,1H3,(H,16,19)/b13-7-,17-15?. The zero-order valence-corrected chi connectivity index (χ0v) is 11.1. The molecular formula is C12H13N5OS. The molecule has 19 heavy (non-hydrogen) atoms. The molecule has 0 spiro atoms. The first kappa shape index (κ1) is 13.2. The largest absolute Gasteiger partial charge is 0.493 e.